The number of fused-ring (bicyclic) bond motifs is 4. The highest BCUT2D eigenvalue weighted by atomic mass is 35.5. The molecule has 0 spiro atoms. The van der Waals surface area contributed by atoms with Gasteiger partial charge in [0.15, 0.2) is 11.7 Å². The molecule has 0 saturated carbocycles. The quantitative estimate of drug-likeness (QED) is 0.232. The molecule has 0 bridgehead atoms. The van der Waals surface area contributed by atoms with Crippen molar-refractivity contribution in [1.82, 2.24) is 5.32 Å². The van der Waals surface area contributed by atoms with Gasteiger partial charge in [-0.2, -0.15) is 0 Å². The van der Waals surface area contributed by atoms with Crippen LogP contribution in [-0.4, -0.2) is 11.7 Å². The van der Waals surface area contributed by atoms with Crippen LogP contribution in [0.3, 0.4) is 0 Å². The zero-order valence-corrected chi connectivity index (χ0v) is 23.2. The Morgan fingerprint density at radius 1 is 0.571 bits per heavy atom. The van der Waals surface area contributed by atoms with Crippen molar-refractivity contribution in [3.8, 4) is 11.1 Å². The topological polar surface area (TPSA) is 49.9 Å². The summed E-state index contributed by atoms with van der Waals surface area (Å²) in [6.07, 6.45) is -0.492. The Morgan fingerprint density at radius 3 is 1.95 bits per heavy atom. The molecule has 0 aliphatic carbocycles. The maximum atomic E-state index is 6.62. The molecule has 1 N–H and O–H groups in total. The number of hydrogen-bond donors (Lipinski definition) is 1. The molecule has 7 aromatic rings. The monoisotopic (exact) mass is 561 g/mol. The van der Waals surface area contributed by atoms with E-state index in [4.69, 9.17) is 26.0 Å². The summed E-state index contributed by atoms with van der Waals surface area (Å²) >= 11 is 6.62. The molecule has 0 fully saturated rings. The summed E-state index contributed by atoms with van der Waals surface area (Å²) in [5.74, 6) is 1.53. The molecule has 0 radical (unpaired) electrons. The highest BCUT2D eigenvalue weighted by Crippen LogP contribution is 2.40. The van der Waals surface area contributed by atoms with Crippen molar-refractivity contribution in [3.05, 3.63) is 155 Å². The van der Waals surface area contributed by atoms with Crippen LogP contribution in [0.2, 0.25) is 5.02 Å². The summed E-state index contributed by atoms with van der Waals surface area (Å²) in [7, 11) is 0. The number of rotatable bonds is 4. The van der Waals surface area contributed by atoms with E-state index >= 15 is 0 Å². The molecule has 1 aromatic heterocycles. The molecule has 2 heterocycles. The Kier molecular flexibility index (Phi) is 5.87. The summed E-state index contributed by atoms with van der Waals surface area (Å²) in [5.41, 5.74) is 6.77. The van der Waals surface area contributed by atoms with Crippen LogP contribution < -0.4 is 5.32 Å². The Labute approximate surface area is 247 Å². The van der Waals surface area contributed by atoms with E-state index in [1.807, 2.05) is 54.6 Å². The minimum atomic E-state index is -0.492. The Balaban J connectivity index is 1.27. The minimum Gasteiger partial charge on any atom is -0.454 e. The molecule has 1 unspecified atom stereocenters. The van der Waals surface area contributed by atoms with Gasteiger partial charge < -0.3 is 9.73 Å². The van der Waals surface area contributed by atoms with Crippen LogP contribution in [0.25, 0.3) is 43.8 Å². The van der Waals surface area contributed by atoms with E-state index in [2.05, 4.69) is 84.2 Å². The van der Waals surface area contributed by atoms with Crippen LogP contribution in [0.4, 0.5) is 0 Å². The normalized spacial score (nSPS) is 15.0. The fourth-order valence-electron chi connectivity index (χ4n) is 5.72. The maximum absolute atomic E-state index is 6.62. The number of amidine groups is 2. The van der Waals surface area contributed by atoms with Crippen LogP contribution in [0.5, 0.6) is 0 Å². The number of benzene rings is 6. The number of hydrogen-bond acceptors (Lipinski definition) is 4. The summed E-state index contributed by atoms with van der Waals surface area (Å²) in [4.78, 5) is 10.3. The van der Waals surface area contributed by atoms with Gasteiger partial charge in [-0.1, -0.05) is 121 Å². The van der Waals surface area contributed by atoms with E-state index in [1.54, 1.807) is 0 Å². The molecule has 8 rings (SSSR count). The first-order chi connectivity index (χ1) is 20.7. The van der Waals surface area contributed by atoms with Crippen molar-refractivity contribution in [3.63, 3.8) is 0 Å². The summed E-state index contributed by atoms with van der Waals surface area (Å²) in [6, 6.07) is 45.5. The number of aliphatic imine (C=N–C) groups is 2. The van der Waals surface area contributed by atoms with Crippen LogP contribution in [0, 0.1) is 0 Å². The standard InChI is InChI=1S/C37H24ClN3O/c38-31-20-19-30(33-29-13-7-8-14-32(29)42-34(31)33)37-40-35(24-11-5-2-6-12-24)39-36(41-37)28-18-17-26-21-25(15-16-27(26)22-28)23-9-3-1-4-10-23/h1-22,37H,(H,39,40,41). The van der Waals surface area contributed by atoms with Crippen molar-refractivity contribution in [2.45, 2.75) is 6.17 Å². The van der Waals surface area contributed by atoms with Crippen LogP contribution in [0.15, 0.2) is 148 Å². The van der Waals surface area contributed by atoms with Gasteiger partial charge in [0, 0.05) is 27.5 Å². The second-order valence-corrected chi connectivity index (χ2v) is 10.8. The maximum Gasteiger partial charge on any atom is 0.170 e. The van der Waals surface area contributed by atoms with E-state index in [1.165, 1.54) is 16.5 Å². The number of halogens is 1. The lowest BCUT2D eigenvalue weighted by Gasteiger charge is -2.23. The zero-order valence-electron chi connectivity index (χ0n) is 22.5. The zero-order chi connectivity index (χ0) is 28.0. The van der Waals surface area contributed by atoms with Gasteiger partial charge in [-0.05, 0) is 46.2 Å². The average Bonchev–Trinajstić information content (AvgIpc) is 3.46. The van der Waals surface area contributed by atoms with Gasteiger partial charge in [-0.25, -0.2) is 9.98 Å². The Morgan fingerprint density at radius 2 is 1.19 bits per heavy atom. The molecular weight excluding hydrogens is 538 g/mol. The number of nitrogens with one attached hydrogen (secondary N) is 1. The van der Waals surface area contributed by atoms with Gasteiger partial charge in [0.05, 0.1) is 5.02 Å². The fraction of sp³-hybridized carbons (Fsp3) is 0.0270. The van der Waals surface area contributed by atoms with Crippen molar-refractivity contribution in [2.24, 2.45) is 9.98 Å². The van der Waals surface area contributed by atoms with Gasteiger partial charge in [0.2, 0.25) is 0 Å². The summed E-state index contributed by atoms with van der Waals surface area (Å²) in [6.45, 7) is 0. The van der Waals surface area contributed by atoms with Crippen molar-refractivity contribution in [1.29, 1.82) is 0 Å². The number of para-hydroxylation sites is 1. The molecule has 0 saturated heterocycles. The van der Waals surface area contributed by atoms with Crippen molar-refractivity contribution < 1.29 is 4.42 Å². The summed E-state index contributed by atoms with van der Waals surface area (Å²) < 4.78 is 6.18. The van der Waals surface area contributed by atoms with E-state index in [0.717, 1.165) is 50.1 Å². The Hall–Kier alpha value is -5.19. The lowest BCUT2D eigenvalue weighted by Crippen LogP contribution is -2.36. The fourth-order valence-corrected chi connectivity index (χ4v) is 5.92. The first-order valence-electron chi connectivity index (χ1n) is 13.9. The lowest BCUT2D eigenvalue weighted by atomic mass is 9.99. The molecule has 42 heavy (non-hydrogen) atoms. The van der Waals surface area contributed by atoms with Gasteiger partial charge in [-0.15, -0.1) is 0 Å². The van der Waals surface area contributed by atoms with Crippen LogP contribution in [0.1, 0.15) is 22.9 Å². The van der Waals surface area contributed by atoms with E-state index in [0.29, 0.717) is 10.6 Å². The average molecular weight is 562 g/mol. The highest BCUT2D eigenvalue weighted by molar-refractivity contribution is 6.36. The smallest absolute Gasteiger partial charge is 0.170 e. The van der Waals surface area contributed by atoms with E-state index < -0.39 is 6.17 Å². The van der Waals surface area contributed by atoms with Crippen LogP contribution in [-0.2, 0) is 0 Å². The Bertz CT molecular complexity index is 2180. The van der Waals surface area contributed by atoms with Gasteiger partial charge in [0.1, 0.15) is 17.3 Å². The molecule has 4 nitrogen and oxygen atoms in total. The highest BCUT2D eigenvalue weighted by Gasteiger charge is 2.25. The van der Waals surface area contributed by atoms with E-state index in [9.17, 15) is 0 Å². The molecule has 200 valence electrons. The molecular formula is C37H24ClN3O. The minimum absolute atomic E-state index is 0.492. The number of furan rings is 1. The van der Waals surface area contributed by atoms with Crippen molar-refractivity contribution in [2.75, 3.05) is 0 Å². The predicted octanol–water partition coefficient (Wildman–Crippen LogP) is 9.55. The van der Waals surface area contributed by atoms with Gasteiger partial charge in [-0.3, -0.25) is 0 Å². The third kappa shape index (κ3) is 4.25. The van der Waals surface area contributed by atoms with E-state index in [-0.39, 0.29) is 0 Å². The first-order valence-corrected chi connectivity index (χ1v) is 14.3. The largest absolute Gasteiger partial charge is 0.454 e. The second-order valence-electron chi connectivity index (χ2n) is 10.4. The first kappa shape index (κ1) is 24.6. The third-order valence-electron chi connectivity index (χ3n) is 7.80. The molecule has 1 aliphatic rings. The second kappa shape index (κ2) is 10.0. The summed E-state index contributed by atoms with van der Waals surface area (Å²) in [5, 5.41) is 8.36. The van der Waals surface area contributed by atoms with Gasteiger partial charge in [0.25, 0.3) is 0 Å². The number of nitrogens with zero attached hydrogens (tertiary/aromatic N) is 2. The molecule has 6 aromatic carbocycles. The SMILES string of the molecule is Clc1ccc(C2N=C(c3ccccc3)NC(c3ccc4cc(-c5ccccc5)ccc4c3)=N2)c2c1oc1ccccc12. The lowest BCUT2D eigenvalue weighted by molar-refractivity contribution is 0.668. The molecule has 5 heteroatoms. The molecule has 0 amide bonds. The van der Waals surface area contributed by atoms with Crippen LogP contribution >= 0.6 is 11.6 Å². The third-order valence-corrected chi connectivity index (χ3v) is 8.09. The molecule has 1 atom stereocenters. The van der Waals surface area contributed by atoms with Gasteiger partial charge >= 0.3 is 0 Å². The van der Waals surface area contributed by atoms with Crippen molar-refractivity contribution >= 4 is 56.0 Å². The molecule has 1 aliphatic heterocycles. The predicted molar refractivity (Wildman–Crippen MR) is 174 cm³/mol.